The zero-order valence-corrected chi connectivity index (χ0v) is 14.1. The molecule has 1 aromatic rings. The Bertz CT molecular complexity index is 465. The van der Waals surface area contributed by atoms with E-state index < -0.39 is 0 Å². The van der Waals surface area contributed by atoms with Gasteiger partial charge in [0.2, 0.25) is 0 Å². The summed E-state index contributed by atoms with van der Waals surface area (Å²) >= 11 is 14.1. The summed E-state index contributed by atoms with van der Waals surface area (Å²) in [7, 11) is 1.88. The highest BCUT2D eigenvalue weighted by molar-refractivity contribution is 8.13. The molecule has 0 spiro atoms. The lowest BCUT2D eigenvalue weighted by Crippen LogP contribution is -2.35. The predicted octanol–water partition coefficient (Wildman–Crippen LogP) is 3.99. The van der Waals surface area contributed by atoms with E-state index in [0.717, 1.165) is 38.0 Å². The third kappa shape index (κ3) is 3.88. The minimum Gasteiger partial charge on any atom is -0.299 e. The van der Waals surface area contributed by atoms with Crippen molar-refractivity contribution >= 4 is 40.0 Å². The molecule has 2 heterocycles. The average molecular weight is 332 g/mol. The first-order valence-electron chi connectivity index (χ1n) is 6.66. The summed E-state index contributed by atoms with van der Waals surface area (Å²) in [5, 5.41) is 2.57. The lowest BCUT2D eigenvalue weighted by Gasteiger charge is -2.32. The first-order valence-corrected chi connectivity index (χ1v) is 8.64. The molecule has 0 N–H and O–H groups in total. The highest BCUT2D eigenvalue weighted by Crippen LogP contribution is 2.28. The molecule has 0 unspecified atom stereocenters. The lowest BCUT2D eigenvalue weighted by atomic mass is 9.97. The van der Waals surface area contributed by atoms with Crippen molar-refractivity contribution in [3.05, 3.63) is 28.0 Å². The number of nitrogens with zero attached hydrogens (tertiary/aromatic N) is 3. The molecule has 110 valence electrons. The molecule has 0 atom stereocenters. The summed E-state index contributed by atoms with van der Waals surface area (Å²) < 4.78 is 0. The topological polar surface area (TPSA) is 28.5 Å². The molecule has 0 saturated carbocycles. The van der Waals surface area contributed by atoms with Crippen LogP contribution in [0.1, 0.15) is 18.4 Å². The first kappa shape index (κ1) is 16.1. The summed E-state index contributed by atoms with van der Waals surface area (Å²) in [6, 6.07) is 0. The Morgan fingerprint density at radius 2 is 1.95 bits per heavy atom. The van der Waals surface area contributed by atoms with Gasteiger partial charge in [-0.2, -0.15) is 0 Å². The maximum Gasteiger partial charge on any atom is 0.0701 e. The predicted molar refractivity (Wildman–Crippen MR) is 89.1 cm³/mol. The van der Waals surface area contributed by atoms with Gasteiger partial charge in [0.15, 0.2) is 0 Å². The Hall–Kier alpha value is -0.290. The van der Waals surface area contributed by atoms with Gasteiger partial charge >= 0.3 is 0 Å². The number of pyridine rings is 1. The molecule has 0 radical (unpaired) electrons. The second-order valence-corrected chi connectivity index (χ2v) is 6.54. The number of hydrogen-bond acceptors (Lipinski definition) is 4. The quantitative estimate of drug-likeness (QED) is 0.619. The number of aromatic nitrogens is 1. The van der Waals surface area contributed by atoms with Crippen LogP contribution in [-0.4, -0.2) is 41.3 Å². The summed E-state index contributed by atoms with van der Waals surface area (Å²) in [5.41, 5.74) is 0.982. The molecule has 2 rings (SSSR count). The molecule has 6 heteroatoms. The van der Waals surface area contributed by atoms with Crippen molar-refractivity contribution in [2.24, 2.45) is 10.9 Å². The second-order valence-electron chi connectivity index (χ2n) is 4.90. The van der Waals surface area contributed by atoms with Crippen molar-refractivity contribution in [1.29, 1.82) is 0 Å². The Morgan fingerprint density at radius 1 is 1.35 bits per heavy atom. The van der Waals surface area contributed by atoms with Gasteiger partial charge in [-0.05, 0) is 32.2 Å². The van der Waals surface area contributed by atoms with Gasteiger partial charge in [-0.15, -0.1) is 11.8 Å². The van der Waals surface area contributed by atoms with Crippen LogP contribution >= 0.6 is 35.0 Å². The molecule has 1 fully saturated rings. The van der Waals surface area contributed by atoms with Crippen LogP contribution in [0.25, 0.3) is 0 Å². The van der Waals surface area contributed by atoms with Gasteiger partial charge in [0.25, 0.3) is 0 Å². The highest BCUT2D eigenvalue weighted by atomic mass is 35.5. The van der Waals surface area contributed by atoms with Gasteiger partial charge in [0.05, 0.1) is 15.1 Å². The maximum absolute atomic E-state index is 6.18. The molecule has 1 aliphatic heterocycles. The number of likely N-dealkylation sites (tertiary alicyclic amines) is 1. The SMILES string of the molecule is CN=C(SC)C1CCN(Cc2c(Cl)cncc2Cl)CC1. The fourth-order valence-corrected chi connectivity index (χ4v) is 3.83. The van der Waals surface area contributed by atoms with Gasteiger partial charge in [-0.25, -0.2) is 0 Å². The molecule has 1 aliphatic rings. The molecule has 1 aromatic heterocycles. The van der Waals surface area contributed by atoms with Gasteiger partial charge in [-0.3, -0.25) is 14.9 Å². The van der Waals surface area contributed by atoms with E-state index in [4.69, 9.17) is 23.2 Å². The Kier molecular flexibility index (Phi) is 6.15. The number of hydrogen-bond donors (Lipinski definition) is 0. The van der Waals surface area contributed by atoms with Gasteiger partial charge in [0.1, 0.15) is 0 Å². The minimum atomic E-state index is 0.606. The van der Waals surface area contributed by atoms with Crippen LogP contribution in [-0.2, 0) is 6.54 Å². The normalized spacial score (nSPS) is 18.5. The standard InChI is InChI=1S/C14H19Cl2N3S/c1-17-14(20-2)10-3-5-19(6-4-10)9-11-12(15)7-18-8-13(11)16/h7-8,10H,3-6,9H2,1-2H3. The van der Waals surface area contributed by atoms with E-state index in [1.807, 2.05) is 7.05 Å². The van der Waals surface area contributed by atoms with E-state index >= 15 is 0 Å². The molecule has 3 nitrogen and oxygen atoms in total. The van der Waals surface area contributed by atoms with Crippen LogP contribution in [0.3, 0.4) is 0 Å². The van der Waals surface area contributed by atoms with Crippen molar-refractivity contribution in [3.8, 4) is 0 Å². The number of thioether (sulfide) groups is 1. The van der Waals surface area contributed by atoms with Crippen LogP contribution < -0.4 is 0 Å². The molecule has 0 aromatic carbocycles. The molecular weight excluding hydrogens is 313 g/mol. The zero-order chi connectivity index (χ0) is 14.5. The molecular formula is C14H19Cl2N3S. The summed E-state index contributed by atoms with van der Waals surface area (Å²) in [6.45, 7) is 2.91. The fourth-order valence-electron chi connectivity index (χ4n) is 2.59. The number of piperidine rings is 1. The molecule has 20 heavy (non-hydrogen) atoms. The van der Waals surface area contributed by atoms with Gasteiger partial charge < -0.3 is 0 Å². The van der Waals surface area contributed by atoms with Gasteiger partial charge in [-0.1, -0.05) is 23.2 Å². The van der Waals surface area contributed by atoms with Gasteiger partial charge in [0, 0.05) is 37.5 Å². The van der Waals surface area contributed by atoms with Crippen molar-refractivity contribution < 1.29 is 0 Å². The molecule has 0 bridgehead atoms. The van der Waals surface area contributed by atoms with Crippen LogP contribution in [0.2, 0.25) is 10.0 Å². The van der Waals surface area contributed by atoms with E-state index in [9.17, 15) is 0 Å². The third-order valence-electron chi connectivity index (χ3n) is 3.70. The molecule has 1 saturated heterocycles. The monoisotopic (exact) mass is 331 g/mol. The van der Waals surface area contributed by atoms with E-state index in [-0.39, 0.29) is 0 Å². The van der Waals surface area contributed by atoms with E-state index in [1.165, 1.54) is 5.04 Å². The average Bonchev–Trinajstić information content (AvgIpc) is 2.46. The van der Waals surface area contributed by atoms with Crippen LogP contribution in [0.15, 0.2) is 17.4 Å². The Labute approximate surface area is 134 Å². The summed E-state index contributed by atoms with van der Waals surface area (Å²) in [6.07, 6.45) is 7.71. The van der Waals surface area contributed by atoms with E-state index in [1.54, 1.807) is 24.2 Å². The Morgan fingerprint density at radius 3 is 2.45 bits per heavy atom. The molecule has 0 aliphatic carbocycles. The van der Waals surface area contributed by atoms with Crippen molar-refractivity contribution in [1.82, 2.24) is 9.88 Å². The lowest BCUT2D eigenvalue weighted by molar-refractivity contribution is 0.203. The van der Waals surface area contributed by atoms with Crippen LogP contribution in [0.4, 0.5) is 0 Å². The molecule has 0 amide bonds. The third-order valence-corrected chi connectivity index (χ3v) is 5.29. The van der Waals surface area contributed by atoms with Crippen LogP contribution in [0, 0.1) is 5.92 Å². The summed E-state index contributed by atoms with van der Waals surface area (Å²) in [5.74, 6) is 0.606. The van der Waals surface area contributed by atoms with Crippen molar-refractivity contribution in [2.75, 3.05) is 26.4 Å². The fraction of sp³-hybridized carbons (Fsp3) is 0.571. The number of halogens is 2. The van der Waals surface area contributed by atoms with Crippen molar-refractivity contribution in [2.45, 2.75) is 19.4 Å². The van der Waals surface area contributed by atoms with E-state index in [2.05, 4.69) is 21.1 Å². The maximum atomic E-state index is 6.18. The highest BCUT2D eigenvalue weighted by Gasteiger charge is 2.23. The number of rotatable bonds is 3. The van der Waals surface area contributed by atoms with E-state index in [0.29, 0.717) is 16.0 Å². The largest absolute Gasteiger partial charge is 0.299 e. The zero-order valence-electron chi connectivity index (χ0n) is 11.8. The summed E-state index contributed by atoms with van der Waals surface area (Å²) in [4.78, 5) is 10.8. The Balaban J connectivity index is 1.95. The minimum absolute atomic E-state index is 0.606. The van der Waals surface area contributed by atoms with Crippen molar-refractivity contribution in [3.63, 3.8) is 0 Å². The number of aliphatic imine (C=N–C) groups is 1. The smallest absolute Gasteiger partial charge is 0.0701 e. The van der Waals surface area contributed by atoms with Crippen LogP contribution in [0.5, 0.6) is 0 Å². The second kappa shape index (κ2) is 7.64. The first-order chi connectivity index (χ1) is 9.65.